The molecule has 0 fully saturated rings. The van der Waals surface area contributed by atoms with E-state index in [4.69, 9.17) is 16.3 Å². The van der Waals surface area contributed by atoms with E-state index >= 15 is 0 Å². The molecule has 29 heavy (non-hydrogen) atoms. The van der Waals surface area contributed by atoms with Gasteiger partial charge >= 0.3 is 5.97 Å². The van der Waals surface area contributed by atoms with Crippen molar-refractivity contribution in [2.24, 2.45) is 0 Å². The van der Waals surface area contributed by atoms with Gasteiger partial charge in [0.05, 0.1) is 6.42 Å². The fourth-order valence-electron chi connectivity index (χ4n) is 2.93. The zero-order chi connectivity index (χ0) is 20.5. The van der Waals surface area contributed by atoms with E-state index in [1.54, 1.807) is 12.1 Å². The minimum Gasteiger partial charge on any atom is -0.459 e. The number of esters is 1. The van der Waals surface area contributed by atoms with Gasteiger partial charge in [-0.25, -0.2) is 4.79 Å². The maximum absolute atomic E-state index is 12.7. The maximum atomic E-state index is 12.7. The van der Waals surface area contributed by atoms with Gasteiger partial charge in [-0.1, -0.05) is 90.5 Å². The molecule has 0 saturated carbocycles. The van der Waals surface area contributed by atoms with Gasteiger partial charge in [-0.3, -0.25) is 4.79 Å². The van der Waals surface area contributed by atoms with Crippen molar-refractivity contribution >= 4 is 23.5 Å². The van der Waals surface area contributed by atoms with Gasteiger partial charge in [0.25, 0.3) is 0 Å². The summed E-state index contributed by atoms with van der Waals surface area (Å²) in [5.41, 5.74) is 2.54. The van der Waals surface area contributed by atoms with Crippen LogP contribution in [-0.4, -0.2) is 17.9 Å². The Morgan fingerprint density at radius 2 is 1.41 bits per heavy atom. The first kappa shape index (κ1) is 20.6. The quantitative estimate of drug-likeness (QED) is 0.565. The summed E-state index contributed by atoms with van der Waals surface area (Å²) in [4.78, 5) is 25.3. The maximum Gasteiger partial charge on any atom is 0.329 e. The van der Waals surface area contributed by atoms with Gasteiger partial charge in [0.2, 0.25) is 5.91 Å². The fraction of sp³-hybridized carbons (Fsp3) is 0.167. The average molecular weight is 408 g/mol. The Morgan fingerprint density at radius 3 is 2.07 bits per heavy atom. The first-order valence-electron chi connectivity index (χ1n) is 9.39. The molecule has 1 N–H and O–H groups in total. The van der Waals surface area contributed by atoms with Crippen LogP contribution < -0.4 is 5.32 Å². The molecule has 0 spiro atoms. The number of rotatable bonds is 8. The molecule has 1 amide bonds. The molecule has 4 nitrogen and oxygen atoms in total. The van der Waals surface area contributed by atoms with Crippen LogP contribution in [0.5, 0.6) is 0 Å². The minimum atomic E-state index is -0.781. The number of amides is 1. The number of hydrogen-bond acceptors (Lipinski definition) is 3. The van der Waals surface area contributed by atoms with Gasteiger partial charge in [0.1, 0.15) is 12.6 Å². The molecule has 0 heterocycles. The number of benzene rings is 3. The molecule has 148 valence electrons. The summed E-state index contributed by atoms with van der Waals surface area (Å²) in [7, 11) is 0. The van der Waals surface area contributed by atoms with E-state index in [-0.39, 0.29) is 18.9 Å². The molecule has 0 bridgehead atoms. The molecule has 3 aromatic rings. The zero-order valence-electron chi connectivity index (χ0n) is 15.9. The normalized spacial score (nSPS) is 11.5. The second-order valence-corrected chi connectivity index (χ2v) is 7.08. The summed E-state index contributed by atoms with van der Waals surface area (Å²) in [6.07, 6.45) is 0.444. The zero-order valence-corrected chi connectivity index (χ0v) is 16.6. The Balaban J connectivity index is 1.67. The third-order valence-corrected chi connectivity index (χ3v) is 4.80. The number of hydrogen-bond donors (Lipinski definition) is 1. The van der Waals surface area contributed by atoms with Gasteiger partial charge in [-0.05, 0) is 22.8 Å². The smallest absolute Gasteiger partial charge is 0.329 e. The molecule has 0 aliphatic rings. The van der Waals surface area contributed by atoms with Gasteiger partial charge in [0.15, 0.2) is 0 Å². The summed E-state index contributed by atoms with van der Waals surface area (Å²) < 4.78 is 5.46. The highest BCUT2D eigenvalue weighted by Crippen LogP contribution is 2.15. The molecule has 5 heteroatoms. The van der Waals surface area contributed by atoms with Crippen LogP contribution >= 0.6 is 11.6 Å². The van der Waals surface area contributed by atoms with Crippen LogP contribution in [0.25, 0.3) is 0 Å². The molecule has 0 aliphatic carbocycles. The van der Waals surface area contributed by atoms with E-state index < -0.39 is 12.0 Å². The second-order valence-electron chi connectivity index (χ2n) is 6.67. The molecule has 0 aromatic heterocycles. The Labute approximate surface area is 175 Å². The van der Waals surface area contributed by atoms with Crippen LogP contribution in [0, 0.1) is 0 Å². The number of ether oxygens (including phenoxy) is 1. The molecule has 3 aromatic carbocycles. The van der Waals surface area contributed by atoms with E-state index in [9.17, 15) is 9.59 Å². The van der Waals surface area contributed by atoms with Crippen LogP contribution in [0.3, 0.4) is 0 Å². The van der Waals surface area contributed by atoms with Crippen molar-refractivity contribution in [3.8, 4) is 0 Å². The van der Waals surface area contributed by atoms with Crippen molar-refractivity contribution < 1.29 is 14.3 Å². The van der Waals surface area contributed by atoms with Crippen LogP contribution in [0.15, 0.2) is 84.9 Å². The van der Waals surface area contributed by atoms with Crippen molar-refractivity contribution in [3.63, 3.8) is 0 Å². The molecular weight excluding hydrogens is 386 g/mol. The van der Waals surface area contributed by atoms with Crippen LogP contribution in [0.1, 0.15) is 16.7 Å². The van der Waals surface area contributed by atoms with Crippen molar-refractivity contribution in [1.29, 1.82) is 0 Å². The Kier molecular flexibility index (Phi) is 7.42. The Bertz CT molecular complexity index is 945. The fourth-order valence-corrected chi connectivity index (χ4v) is 3.14. The third kappa shape index (κ3) is 6.47. The number of nitrogens with one attached hydrogen (secondary N) is 1. The molecular formula is C24H22ClNO3. The van der Waals surface area contributed by atoms with E-state index in [0.29, 0.717) is 17.0 Å². The molecule has 1 atom stereocenters. The van der Waals surface area contributed by atoms with Gasteiger partial charge in [0, 0.05) is 11.4 Å². The average Bonchev–Trinajstić information content (AvgIpc) is 2.75. The summed E-state index contributed by atoms with van der Waals surface area (Å²) in [5.74, 6) is -0.749. The Hall–Kier alpha value is -3.11. The van der Waals surface area contributed by atoms with Gasteiger partial charge in [-0.15, -0.1) is 0 Å². The summed E-state index contributed by atoms with van der Waals surface area (Å²) in [6, 6.07) is 25.3. The van der Waals surface area contributed by atoms with Crippen LogP contribution in [-0.2, 0) is 33.8 Å². The lowest BCUT2D eigenvalue weighted by atomic mass is 10.1. The highest BCUT2D eigenvalue weighted by atomic mass is 35.5. The Morgan fingerprint density at radius 1 is 0.828 bits per heavy atom. The first-order chi connectivity index (χ1) is 14.1. The lowest BCUT2D eigenvalue weighted by Crippen LogP contribution is -2.44. The first-order valence-corrected chi connectivity index (χ1v) is 9.77. The van der Waals surface area contributed by atoms with Crippen LogP contribution in [0.2, 0.25) is 5.02 Å². The largest absolute Gasteiger partial charge is 0.459 e. The van der Waals surface area contributed by atoms with Crippen LogP contribution in [0.4, 0.5) is 0 Å². The molecule has 3 rings (SSSR count). The van der Waals surface area contributed by atoms with E-state index in [1.807, 2.05) is 72.8 Å². The predicted octanol–water partition coefficient (Wildman–Crippen LogP) is 4.35. The standard InChI is InChI=1S/C24H22ClNO3/c25-21-14-8-7-13-20(21)16-23(27)26-22(15-18-9-3-1-4-10-18)24(28)29-17-19-11-5-2-6-12-19/h1-14,22H,15-17H2,(H,26,27)/t22-/m0/s1. The number of halogens is 1. The molecule has 0 radical (unpaired) electrons. The molecule has 0 saturated heterocycles. The van der Waals surface area contributed by atoms with Crippen molar-refractivity contribution in [2.45, 2.75) is 25.5 Å². The third-order valence-electron chi connectivity index (χ3n) is 4.44. The summed E-state index contributed by atoms with van der Waals surface area (Å²) >= 11 is 6.14. The topological polar surface area (TPSA) is 55.4 Å². The number of carbonyl (C=O) groups excluding carboxylic acids is 2. The minimum absolute atomic E-state index is 0.0942. The lowest BCUT2D eigenvalue weighted by Gasteiger charge is -2.18. The summed E-state index contributed by atoms with van der Waals surface area (Å²) in [5, 5.41) is 3.33. The van der Waals surface area contributed by atoms with Crippen molar-refractivity contribution in [3.05, 3.63) is 107 Å². The predicted molar refractivity (Wildman–Crippen MR) is 113 cm³/mol. The van der Waals surface area contributed by atoms with E-state index in [0.717, 1.165) is 11.1 Å². The van der Waals surface area contributed by atoms with Crippen molar-refractivity contribution in [1.82, 2.24) is 5.32 Å². The van der Waals surface area contributed by atoms with Gasteiger partial charge in [-0.2, -0.15) is 0 Å². The lowest BCUT2D eigenvalue weighted by molar-refractivity contribution is -0.149. The monoisotopic (exact) mass is 407 g/mol. The van der Waals surface area contributed by atoms with Crippen molar-refractivity contribution in [2.75, 3.05) is 0 Å². The van der Waals surface area contributed by atoms with E-state index in [2.05, 4.69) is 5.32 Å². The van der Waals surface area contributed by atoms with E-state index in [1.165, 1.54) is 0 Å². The highest BCUT2D eigenvalue weighted by Gasteiger charge is 2.23. The summed E-state index contributed by atoms with van der Waals surface area (Å²) in [6.45, 7) is 0.158. The molecule has 0 aliphatic heterocycles. The highest BCUT2D eigenvalue weighted by molar-refractivity contribution is 6.31. The number of carbonyl (C=O) groups is 2. The molecule has 0 unspecified atom stereocenters. The SMILES string of the molecule is O=C(Cc1ccccc1Cl)N[C@@H](Cc1ccccc1)C(=O)OCc1ccccc1. The second kappa shape index (κ2) is 10.4. The van der Waals surface area contributed by atoms with Gasteiger partial charge < -0.3 is 10.1 Å².